The molecular formula is C24H24N2O4. The first-order chi connectivity index (χ1) is 14.5. The molecule has 6 heteroatoms. The molecule has 4 rings (SSSR count). The average Bonchev–Trinajstić information content (AvgIpc) is 3.34. The van der Waals surface area contributed by atoms with Gasteiger partial charge >= 0.3 is 0 Å². The summed E-state index contributed by atoms with van der Waals surface area (Å²) in [4.78, 5) is 41.2. The van der Waals surface area contributed by atoms with E-state index < -0.39 is 0 Å². The molecule has 0 radical (unpaired) electrons. The molecule has 0 spiro atoms. The Bertz CT molecular complexity index is 1010. The van der Waals surface area contributed by atoms with E-state index >= 15 is 0 Å². The normalized spacial score (nSPS) is 18.0. The maximum absolute atomic E-state index is 13.3. The number of hydrogen-bond donors (Lipinski definition) is 0. The summed E-state index contributed by atoms with van der Waals surface area (Å²) in [6.07, 6.45) is 3.31. The lowest BCUT2D eigenvalue weighted by molar-refractivity contribution is 0.0671. The van der Waals surface area contributed by atoms with Gasteiger partial charge in [-0.1, -0.05) is 18.2 Å². The summed E-state index contributed by atoms with van der Waals surface area (Å²) in [5.74, 6) is -0.0454. The zero-order valence-corrected chi connectivity index (χ0v) is 17.0. The maximum Gasteiger partial charge on any atom is 0.261 e. The summed E-state index contributed by atoms with van der Waals surface area (Å²) in [7, 11) is 0. The molecule has 154 valence electrons. The van der Waals surface area contributed by atoms with Crippen molar-refractivity contribution in [2.24, 2.45) is 0 Å². The number of carbonyl (C=O) groups is 3. The van der Waals surface area contributed by atoms with Crippen LogP contribution in [-0.4, -0.2) is 47.2 Å². The van der Waals surface area contributed by atoms with Gasteiger partial charge in [0.05, 0.1) is 23.8 Å². The van der Waals surface area contributed by atoms with Crippen molar-refractivity contribution < 1.29 is 19.1 Å². The number of fused-ring (bicyclic) bond motifs is 1. The molecule has 30 heavy (non-hydrogen) atoms. The Labute approximate surface area is 175 Å². The van der Waals surface area contributed by atoms with E-state index in [2.05, 4.69) is 6.58 Å². The summed E-state index contributed by atoms with van der Waals surface area (Å²) in [5.41, 5.74) is 2.11. The summed E-state index contributed by atoms with van der Waals surface area (Å²) in [6.45, 7) is 6.95. The fraction of sp³-hybridized carbons (Fsp3) is 0.292. The first-order valence-electron chi connectivity index (χ1n) is 10.2. The van der Waals surface area contributed by atoms with Crippen LogP contribution in [0.2, 0.25) is 0 Å². The van der Waals surface area contributed by atoms with Crippen molar-refractivity contribution >= 4 is 17.7 Å². The van der Waals surface area contributed by atoms with Crippen LogP contribution >= 0.6 is 0 Å². The third-order valence-electron chi connectivity index (χ3n) is 5.62. The largest absolute Gasteiger partial charge is 0.494 e. The summed E-state index contributed by atoms with van der Waals surface area (Å²) >= 11 is 0. The standard InChI is InChI=1S/C24H24N2O4/c1-3-13-26-23(28)19-12-9-17(15-20(19)24(26)29)22(27)25-14-5-6-21(25)16-7-10-18(11-8-16)30-4-2/h3,7-12,15,21H,1,4-6,13-14H2,2H3. The van der Waals surface area contributed by atoms with Gasteiger partial charge in [0.1, 0.15) is 5.75 Å². The molecule has 0 saturated carbocycles. The number of hydrogen-bond acceptors (Lipinski definition) is 4. The van der Waals surface area contributed by atoms with Crippen molar-refractivity contribution in [1.29, 1.82) is 0 Å². The van der Waals surface area contributed by atoms with Crippen molar-refractivity contribution in [2.75, 3.05) is 19.7 Å². The van der Waals surface area contributed by atoms with Gasteiger partial charge in [0.15, 0.2) is 0 Å². The molecule has 2 heterocycles. The van der Waals surface area contributed by atoms with Crippen molar-refractivity contribution in [3.63, 3.8) is 0 Å². The second-order valence-corrected chi connectivity index (χ2v) is 7.43. The van der Waals surface area contributed by atoms with Gasteiger partial charge in [-0.05, 0) is 55.7 Å². The van der Waals surface area contributed by atoms with E-state index in [0.717, 1.165) is 29.1 Å². The lowest BCUT2D eigenvalue weighted by atomic mass is 10.0. The van der Waals surface area contributed by atoms with Crippen LogP contribution in [-0.2, 0) is 0 Å². The first kappa shape index (κ1) is 19.9. The van der Waals surface area contributed by atoms with Crippen LogP contribution in [0.4, 0.5) is 0 Å². The van der Waals surface area contributed by atoms with Gasteiger partial charge in [-0.2, -0.15) is 0 Å². The highest BCUT2D eigenvalue weighted by Gasteiger charge is 2.36. The fourth-order valence-corrected chi connectivity index (χ4v) is 4.19. The van der Waals surface area contributed by atoms with Crippen LogP contribution in [0.3, 0.4) is 0 Å². The second-order valence-electron chi connectivity index (χ2n) is 7.43. The molecule has 0 aromatic heterocycles. The third-order valence-corrected chi connectivity index (χ3v) is 5.62. The molecule has 2 aliphatic rings. The predicted octanol–water partition coefficient (Wildman–Crippen LogP) is 3.84. The van der Waals surface area contributed by atoms with Gasteiger partial charge in [0, 0.05) is 18.7 Å². The molecule has 0 N–H and O–H groups in total. The summed E-state index contributed by atoms with van der Waals surface area (Å²) in [6, 6.07) is 12.6. The highest BCUT2D eigenvalue weighted by molar-refractivity contribution is 6.22. The lowest BCUT2D eigenvalue weighted by Crippen LogP contribution is -2.31. The van der Waals surface area contributed by atoms with Gasteiger partial charge in [-0.25, -0.2) is 0 Å². The smallest absolute Gasteiger partial charge is 0.261 e. The Morgan fingerprint density at radius 1 is 1.13 bits per heavy atom. The van der Waals surface area contributed by atoms with E-state index in [1.54, 1.807) is 18.2 Å². The van der Waals surface area contributed by atoms with E-state index in [1.165, 1.54) is 6.08 Å². The van der Waals surface area contributed by atoms with Crippen molar-refractivity contribution in [2.45, 2.75) is 25.8 Å². The zero-order chi connectivity index (χ0) is 21.3. The topological polar surface area (TPSA) is 66.9 Å². The number of ether oxygens (including phenoxy) is 1. The van der Waals surface area contributed by atoms with Crippen LogP contribution in [0, 0.1) is 0 Å². The van der Waals surface area contributed by atoms with Gasteiger partial charge in [0.2, 0.25) is 0 Å². The minimum Gasteiger partial charge on any atom is -0.494 e. The molecule has 2 aromatic carbocycles. The number of benzene rings is 2. The minimum absolute atomic E-state index is 0.0176. The molecule has 1 saturated heterocycles. The molecular weight excluding hydrogens is 380 g/mol. The first-order valence-corrected chi connectivity index (χ1v) is 10.2. The Morgan fingerprint density at radius 3 is 2.57 bits per heavy atom. The van der Waals surface area contributed by atoms with Gasteiger partial charge < -0.3 is 9.64 Å². The monoisotopic (exact) mass is 404 g/mol. The number of amides is 3. The fourth-order valence-electron chi connectivity index (χ4n) is 4.19. The van der Waals surface area contributed by atoms with E-state index in [-0.39, 0.29) is 35.9 Å². The van der Waals surface area contributed by atoms with E-state index in [0.29, 0.717) is 24.3 Å². The second kappa shape index (κ2) is 8.14. The van der Waals surface area contributed by atoms with E-state index in [4.69, 9.17) is 4.74 Å². The van der Waals surface area contributed by atoms with Crippen molar-refractivity contribution in [1.82, 2.24) is 9.80 Å². The zero-order valence-electron chi connectivity index (χ0n) is 17.0. The Morgan fingerprint density at radius 2 is 1.87 bits per heavy atom. The molecule has 3 amide bonds. The molecule has 1 fully saturated rings. The van der Waals surface area contributed by atoms with Crippen molar-refractivity contribution in [3.8, 4) is 5.75 Å². The highest BCUT2D eigenvalue weighted by atomic mass is 16.5. The third kappa shape index (κ3) is 3.38. The summed E-state index contributed by atoms with van der Waals surface area (Å²) in [5, 5.41) is 0. The average molecular weight is 404 g/mol. The summed E-state index contributed by atoms with van der Waals surface area (Å²) < 4.78 is 5.50. The molecule has 2 aromatic rings. The van der Waals surface area contributed by atoms with Crippen LogP contribution in [0.5, 0.6) is 5.75 Å². The maximum atomic E-state index is 13.3. The SMILES string of the molecule is C=CCN1C(=O)c2ccc(C(=O)N3CCCC3c3ccc(OCC)cc3)cc2C1=O. The van der Waals surface area contributed by atoms with Gasteiger partial charge in [-0.3, -0.25) is 19.3 Å². The van der Waals surface area contributed by atoms with Crippen LogP contribution in [0.15, 0.2) is 55.1 Å². The Hall–Kier alpha value is -3.41. The Kier molecular flexibility index (Phi) is 5.40. The number of imide groups is 1. The lowest BCUT2D eigenvalue weighted by Gasteiger charge is -2.25. The molecule has 2 aliphatic heterocycles. The van der Waals surface area contributed by atoms with Gasteiger partial charge in [-0.15, -0.1) is 6.58 Å². The minimum atomic E-state index is -0.381. The number of nitrogens with zero attached hydrogens (tertiary/aromatic N) is 2. The van der Waals surface area contributed by atoms with Crippen LogP contribution in [0.25, 0.3) is 0 Å². The molecule has 0 bridgehead atoms. The Balaban J connectivity index is 1.58. The van der Waals surface area contributed by atoms with E-state index in [9.17, 15) is 14.4 Å². The number of likely N-dealkylation sites (tertiary alicyclic amines) is 1. The van der Waals surface area contributed by atoms with Crippen LogP contribution in [0.1, 0.15) is 62.4 Å². The highest BCUT2D eigenvalue weighted by Crippen LogP contribution is 2.34. The van der Waals surface area contributed by atoms with Crippen LogP contribution < -0.4 is 4.74 Å². The van der Waals surface area contributed by atoms with Crippen molar-refractivity contribution in [3.05, 3.63) is 77.4 Å². The molecule has 1 atom stereocenters. The number of carbonyl (C=O) groups excluding carboxylic acids is 3. The number of rotatable bonds is 6. The molecule has 1 unspecified atom stereocenters. The predicted molar refractivity (Wildman–Crippen MR) is 113 cm³/mol. The van der Waals surface area contributed by atoms with E-state index in [1.807, 2.05) is 36.1 Å². The molecule has 6 nitrogen and oxygen atoms in total. The molecule has 0 aliphatic carbocycles. The van der Waals surface area contributed by atoms with Gasteiger partial charge in [0.25, 0.3) is 17.7 Å². The quantitative estimate of drug-likeness (QED) is 0.542.